The number of hydrogen-bond donors (Lipinski definition) is 3. The van der Waals surface area contributed by atoms with E-state index >= 15 is 0 Å². The van der Waals surface area contributed by atoms with Crippen molar-refractivity contribution in [2.75, 3.05) is 13.2 Å². The second-order valence-electron chi connectivity index (χ2n) is 9.52. The molecule has 0 spiro atoms. The number of carbonyl (C=O) groups is 1. The zero-order chi connectivity index (χ0) is 20.6. The average molecular weight is 423 g/mol. The minimum atomic E-state index is -0.439. The molecule has 3 aliphatic rings. The van der Waals surface area contributed by atoms with Crippen molar-refractivity contribution in [3.63, 3.8) is 0 Å². The Morgan fingerprint density at radius 1 is 1.34 bits per heavy atom. The number of fused-ring (bicyclic) bond motifs is 3. The van der Waals surface area contributed by atoms with Crippen LogP contribution in [-0.2, 0) is 20.8 Å². The van der Waals surface area contributed by atoms with Gasteiger partial charge in [0.15, 0.2) is 6.29 Å². The van der Waals surface area contributed by atoms with E-state index in [1.54, 1.807) is 11.3 Å². The van der Waals surface area contributed by atoms with Gasteiger partial charge < -0.3 is 25.6 Å². The van der Waals surface area contributed by atoms with Crippen molar-refractivity contribution in [1.29, 1.82) is 0 Å². The molecule has 1 aromatic heterocycles. The molecule has 7 atom stereocenters. The maximum absolute atomic E-state index is 12.7. The summed E-state index contributed by atoms with van der Waals surface area (Å²) in [5, 5.41) is 15.9. The molecular formula is C22H34N2O4S. The number of aliphatic hydroxyl groups is 1. The second-order valence-corrected chi connectivity index (χ2v) is 10.5. The van der Waals surface area contributed by atoms with Crippen LogP contribution in [0.4, 0.5) is 0 Å². The number of rotatable bonds is 5. The van der Waals surface area contributed by atoms with Crippen LogP contribution in [0, 0.1) is 22.7 Å². The van der Waals surface area contributed by atoms with Crippen LogP contribution in [-0.4, -0.2) is 42.7 Å². The summed E-state index contributed by atoms with van der Waals surface area (Å²) in [5.74, 6) is 0.330. The fourth-order valence-corrected chi connectivity index (χ4v) is 6.93. The summed E-state index contributed by atoms with van der Waals surface area (Å²) in [7, 11) is 0. The average Bonchev–Trinajstić information content (AvgIpc) is 3.22. The van der Waals surface area contributed by atoms with Crippen molar-refractivity contribution >= 4 is 17.2 Å². The lowest BCUT2D eigenvalue weighted by atomic mass is 9.46. The number of aliphatic hydroxyl groups excluding tert-OH is 1. The Hall–Kier alpha value is -0.990. The highest BCUT2D eigenvalue weighted by Gasteiger charge is 2.61. The largest absolute Gasteiger partial charge is 0.393 e. The van der Waals surface area contributed by atoms with Gasteiger partial charge in [-0.2, -0.15) is 0 Å². The van der Waals surface area contributed by atoms with Gasteiger partial charge in [0.2, 0.25) is 5.91 Å². The number of nitrogens with one attached hydrogen (secondary N) is 1. The molecular weight excluding hydrogens is 388 g/mol. The Morgan fingerprint density at radius 3 is 2.90 bits per heavy atom. The first-order valence-electron chi connectivity index (χ1n) is 10.8. The number of hydrogen-bond acceptors (Lipinski definition) is 6. The van der Waals surface area contributed by atoms with Gasteiger partial charge >= 0.3 is 0 Å². The maximum atomic E-state index is 12.7. The van der Waals surface area contributed by atoms with Gasteiger partial charge in [-0.3, -0.25) is 4.79 Å². The van der Waals surface area contributed by atoms with Crippen LogP contribution in [0.25, 0.3) is 0 Å². The van der Waals surface area contributed by atoms with Gasteiger partial charge in [0, 0.05) is 23.3 Å². The number of amides is 1. The molecule has 162 valence electrons. The second kappa shape index (κ2) is 8.27. The molecule has 1 saturated heterocycles. The lowest BCUT2D eigenvalue weighted by molar-refractivity contribution is -0.305. The van der Waals surface area contributed by atoms with Crippen molar-refractivity contribution in [3.8, 4) is 0 Å². The van der Waals surface area contributed by atoms with Gasteiger partial charge in [0.25, 0.3) is 0 Å². The van der Waals surface area contributed by atoms with Crippen molar-refractivity contribution in [1.82, 2.24) is 5.32 Å². The molecule has 2 saturated carbocycles. The van der Waals surface area contributed by atoms with Gasteiger partial charge in [-0.1, -0.05) is 19.9 Å². The third-order valence-electron chi connectivity index (χ3n) is 7.87. The molecule has 0 radical (unpaired) electrons. The first-order valence-corrected chi connectivity index (χ1v) is 11.7. The van der Waals surface area contributed by atoms with Gasteiger partial charge in [-0.25, -0.2) is 0 Å². The molecule has 4 rings (SSSR count). The van der Waals surface area contributed by atoms with Crippen LogP contribution in [0.1, 0.15) is 50.8 Å². The number of carbonyl (C=O) groups excluding carboxylic acids is 1. The summed E-state index contributed by atoms with van der Waals surface area (Å²) in [6, 6.07) is 4.02. The zero-order valence-electron chi connectivity index (χ0n) is 17.4. The van der Waals surface area contributed by atoms with Crippen LogP contribution in [0.2, 0.25) is 0 Å². The van der Waals surface area contributed by atoms with E-state index in [2.05, 4.69) is 19.2 Å². The van der Waals surface area contributed by atoms with Crippen molar-refractivity contribution in [3.05, 3.63) is 22.4 Å². The molecule has 29 heavy (non-hydrogen) atoms. The summed E-state index contributed by atoms with van der Waals surface area (Å²) in [5.41, 5.74) is 5.55. The number of nitrogens with two attached hydrogens (primary N) is 1. The topological polar surface area (TPSA) is 93.8 Å². The van der Waals surface area contributed by atoms with E-state index in [1.165, 1.54) is 0 Å². The van der Waals surface area contributed by atoms with Gasteiger partial charge in [0.05, 0.1) is 25.4 Å². The van der Waals surface area contributed by atoms with E-state index in [4.69, 9.17) is 15.2 Å². The molecule has 1 amide bonds. The Bertz CT molecular complexity index is 714. The third kappa shape index (κ3) is 3.88. The van der Waals surface area contributed by atoms with E-state index in [0.717, 1.165) is 30.6 Å². The van der Waals surface area contributed by atoms with Crippen LogP contribution >= 0.6 is 11.3 Å². The van der Waals surface area contributed by atoms with Crippen molar-refractivity contribution in [2.24, 2.45) is 28.4 Å². The van der Waals surface area contributed by atoms with E-state index in [9.17, 15) is 9.90 Å². The Labute approximate surface area is 177 Å². The molecule has 0 unspecified atom stereocenters. The fraction of sp³-hybridized carbons (Fsp3) is 0.773. The van der Waals surface area contributed by atoms with Crippen LogP contribution < -0.4 is 11.1 Å². The standard InChI is InChI=1S/C22H34N2O4S/c1-21-8-7-18-22(2,13-27-20(11-23)28-18)17(21)6-5-16(25)15(21)10-19(26)24-12-14-4-3-9-29-14/h3-4,9,15-18,20,25H,5-8,10-13,23H2,1-2H3,(H,24,26)/t15-,16-,17-,18-,20-,21+,22+/m1/s1. The summed E-state index contributed by atoms with van der Waals surface area (Å²) < 4.78 is 12.1. The highest BCUT2D eigenvalue weighted by atomic mass is 32.1. The summed E-state index contributed by atoms with van der Waals surface area (Å²) >= 11 is 1.64. The molecule has 3 fully saturated rings. The molecule has 2 aliphatic carbocycles. The molecule has 6 nitrogen and oxygen atoms in total. The Kier molecular flexibility index (Phi) is 6.06. The first kappa shape index (κ1) is 21.2. The minimum absolute atomic E-state index is 0.0240. The number of thiophene rings is 1. The van der Waals surface area contributed by atoms with Crippen molar-refractivity contribution < 1.29 is 19.4 Å². The monoisotopic (exact) mass is 422 g/mol. The highest BCUT2D eigenvalue weighted by molar-refractivity contribution is 7.09. The minimum Gasteiger partial charge on any atom is -0.393 e. The summed E-state index contributed by atoms with van der Waals surface area (Å²) in [6.45, 7) is 6.10. The molecule has 1 aromatic rings. The van der Waals surface area contributed by atoms with Crippen molar-refractivity contribution in [2.45, 2.75) is 71.0 Å². The van der Waals surface area contributed by atoms with Crippen LogP contribution in [0.5, 0.6) is 0 Å². The smallest absolute Gasteiger partial charge is 0.220 e. The lowest BCUT2D eigenvalue weighted by Gasteiger charge is -2.62. The molecule has 7 heteroatoms. The fourth-order valence-electron chi connectivity index (χ4n) is 6.28. The SMILES string of the molecule is C[C@@]12CO[C@@H](CN)O[C@@H]1CC[C@]1(C)[C@H]2CC[C@@H](O)[C@H]1CC(=O)NCc1cccs1. The van der Waals surface area contributed by atoms with E-state index in [-0.39, 0.29) is 35.0 Å². The summed E-state index contributed by atoms with van der Waals surface area (Å²) in [4.78, 5) is 13.9. The van der Waals surface area contributed by atoms with Gasteiger partial charge in [-0.05, 0) is 54.4 Å². The van der Waals surface area contributed by atoms with E-state index in [0.29, 0.717) is 32.0 Å². The van der Waals surface area contributed by atoms with Crippen LogP contribution in [0.3, 0.4) is 0 Å². The first-order chi connectivity index (χ1) is 13.9. The predicted molar refractivity (Wildman–Crippen MR) is 112 cm³/mol. The molecule has 0 aromatic carbocycles. The summed E-state index contributed by atoms with van der Waals surface area (Å²) in [6.07, 6.45) is 3.29. The van der Waals surface area contributed by atoms with Gasteiger partial charge in [0.1, 0.15) is 0 Å². The normalized spacial score (nSPS) is 42.0. The lowest BCUT2D eigenvalue weighted by Crippen LogP contribution is -2.63. The quantitative estimate of drug-likeness (QED) is 0.678. The molecule has 0 bridgehead atoms. The Morgan fingerprint density at radius 2 is 2.17 bits per heavy atom. The molecule has 4 N–H and O–H groups in total. The Balaban J connectivity index is 1.48. The van der Waals surface area contributed by atoms with Gasteiger partial charge in [-0.15, -0.1) is 11.3 Å². The zero-order valence-corrected chi connectivity index (χ0v) is 18.2. The molecule has 1 aliphatic heterocycles. The van der Waals surface area contributed by atoms with Crippen LogP contribution in [0.15, 0.2) is 17.5 Å². The van der Waals surface area contributed by atoms with E-state index in [1.807, 2.05) is 17.5 Å². The van der Waals surface area contributed by atoms with E-state index < -0.39 is 6.10 Å². The maximum Gasteiger partial charge on any atom is 0.220 e. The highest BCUT2D eigenvalue weighted by Crippen LogP contribution is 2.62. The molecule has 2 heterocycles. The predicted octanol–water partition coefficient (Wildman–Crippen LogP) is 2.65. The third-order valence-corrected chi connectivity index (χ3v) is 8.75. The number of ether oxygens (including phenoxy) is 2.